The molecule has 82 valence electrons. The lowest BCUT2D eigenvalue weighted by Gasteiger charge is -2.06. The molecule has 0 unspecified atom stereocenters. The Hall–Kier alpha value is -1.84. The molecular formula is C10H6ClNO4. The first-order valence-electron chi connectivity index (χ1n) is 4.37. The standard InChI is InChI=1S/C10H6ClNO4/c11-8-1-6(3-13)9-10(16-5-15-9)7(8)2-12-4-14/h1,3H,2,5H2. The van der Waals surface area contributed by atoms with Crippen LogP contribution >= 0.6 is 11.6 Å². The summed E-state index contributed by atoms with van der Waals surface area (Å²) in [5.41, 5.74) is 0.833. The van der Waals surface area contributed by atoms with Crippen LogP contribution in [0.15, 0.2) is 11.1 Å². The highest BCUT2D eigenvalue weighted by Crippen LogP contribution is 2.42. The highest BCUT2D eigenvalue weighted by Gasteiger charge is 2.24. The highest BCUT2D eigenvalue weighted by molar-refractivity contribution is 6.32. The monoisotopic (exact) mass is 239 g/mol. The number of hydrogen-bond acceptors (Lipinski definition) is 5. The fraction of sp³-hybridized carbons (Fsp3) is 0.200. The zero-order valence-corrected chi connectivity index (χ0v) is 8.78. The Balaban J connectivity index is 2.57. The fourth-order valence-corrected chi connectivity index (χ4v) is 1.72. The third-order valence-electron chi connectivity index (χ3n) is 2.15. The van der Waals surface area contributed by atoms with E-state index < -0.39 is 0 Å². The Bertz CT molecular complexity index is 494. The number of hydrogen-bond donors (Lipinski definition) is 0. The molecule has 0 bridgehead atoms. The molecule has 0 aliphatic carbocycles. The average molecular weight is 240 g/mol. The van der Waals surface area contributed by atoms with Crippen LogP contribution in [0.4, 0.5) is 0 Å². The van der Waals surface area contributed by atoms with Crippen molar-refractivity contribution < 1.29 is 19.1 Å². The van der Waals surface area contributed by atoms with Gasteiger partial charge in [0.25, 0.3) is 0 Å². The minimum atomic E-state index is 0.0221. The normalized spacial score (nSPS) is 12.1. The van der Waals surface area contributed by atoms with Crippen molar-refractivity contribution in [2.45, 2.75) is 6.54 Å². The second-order valence-electron chi connectivity index (χ2n) is 3.02. The van der Waals surface area contributed by atoms with Gasteiger partial charge in [-0.15, -0.1) is 0 Å². The minimum absolute atomic E-state index is 0.0221. The summed E-state index contributed by atoms with van der Waals surface area (Å²) in [7, 11) is 0. The zero-order chi connectivity index (χ0) is 11.5. The maximum atomic E-state index is 10.8. The smallest absolute Gasteiger partial charge is 0.235 e. The van der Waals surface area contributed by atoms with Gasteiger partial charge < -0.3 is 9.47 Å². The average Bonchev–Trinajstić information content (AvgIpc) is 2.76. The van der Waals surface area contributed by atoms with Gasteiger partial charge in [0.05, 0.1) is 17.1 Å². The zero-order valence-electron chi connectivity index (χ0n) is 8.03. The third kappa shape index (κ3) is 1.66. The molecule has 0 saturated carbocycles. The molecule has 1 aromatic carbocycles. The number of benzene rings is 1. The summed E-state index contributed by atoms with van der Waals surface area (Å²) in [4.78, 5) is 24.2. The SMILES string of the molecule is O=C=NCc1c(Cl)cc(C=O)c2c1OCO2. The highest BCUT2D eigenvalue weighted by atomic mass is 35.5. The first kappa shape index (κ1) is 10.7. The van der Waals surface area contributed by atoms with Crippen molar-refractivity contribution in [2.75, 3.05) is 6.79 Å². The number of rotatable bonds is 3. The maximum absolute atomic E-state index is 10.8. The number of aldehydes is 1. The molecule has 2 rings (SSSR count). The molecule has 0 aromatic heterocycles. The van der Waals surface area contributed by atoms with Gasteiger partial charge >= 0.3 is 0 Å². The van der Waals surface area contributed by atoms with Gasteiger partial charge in [0.15, 0.2) is 17.8 Å². The number of aliphatic imine (C=N–C) groups is 1. The van der Waals surface area contributed by atoms with E-state index in [2.05, 4.69) is 4.99 Å². The molecule has 6 heteroatoms. The number of ether oxygens (including phenoxy) is 2. The van der Waals surface area contributed by atoms with E-state index in [0.29, 0.717) is 33.9 Å². The Kier molecular flexibility index (Phi) is 2.90. The number of carbonyl (C=O) groups excluding carboxylic acids is 2. The van der Waals surface area contributed by atoms with Gasteiger partial charge in [-0.1, -0.05) is 11.6 Å². The molecule has 0 amide bonds. The van der Waals surface area contributed by atoms with Crippen molar-refractivity contribution >= 4 is 24.0 Å². The van der Waals surface area contributed by atoms with E-state index in [4.69, 9.17) is 21.1 Å². The third-order valence-corrected chi connectivity index (χ3v) is 2.49. The maximum Gasteiger partial charge on any atom is 0.235 e. The topological polar surface area (TPSA) is 65.0 Å². The molecule has 1 aliphatic rings. The molecule has 0 N–H and O–H groups in total. The minimum Gasteiger partial charge on any atom is -0.453 e. The van der Waals surface area contributed by atoms with Gasteiger partial charge in [0.1, 0.15) is 0 Å². The van der Waals surface area contributed by atoms with E-state index in [1.807, 2.05) is 0 Å². The van der Waals surface area contributed by atoms with Crippen LogP contribution in [-0.2, 0) is 11.3 Å². The van der Waals surface area contributed by atoms with Gasteiger partial charge in [-0.3, -0.25) is 4.79 Å². The molecule has 1 aliphatic heterocycles. The predicted octanol–water partition coefficient (Wildman–Crippen LogP) is 1.72. The van der Waals surface area contributed by atoms with Crippen LogP contribution in [0.25, 0.3) is 0 Å². The summed E-state index contributed by atoms with van der Waals surface area (Å²) in [6, 6.07) is 1.46. The van der Waals surface area contributed by atoms with Gasteiger partial charge in [-0.2, -0.15) is 0 Å². The van der Waals surface area contributed by atoms with Gasteiger partial charge in [-0.05, 0) is 6.07 Å². The first-order chi connectivity index (χ1) is 7.77. The van der Waals surface area contributed by atoms with Crippen LogP contribution in [0.3, 0.4) is 0 Å². The van der Waals surface area contributed by atoms with Crippen molar-refractivity contribution in [2.24, 2.45) is 4.99 Å². The largest absolute Gasteiger partial charge is 0.453 e. The number of fused-ring (bicyclic) bond motifs is 1. The second kappa shape index (κ2) is 4.35. The van der Waals surface area contributed by atoms with E-state index in [1.54, 1.807) is 0 Å². The van der Waals surface area contributed by atoms with E-state index in [1.165, 1.54) is 12.1 Å². The molecule has 0 saturated heterocycles. The van der Waals surface area contributed by atoms with Crippen molar-refractivity contribution in [1.82, 2.24) is 0 Å². The Morgan fingerprint density at radius 3 is 2.94 bits per heavy atom. The summed E-state index contributed by atoms with van der Waals surface area (Å²) >= 11 is 5.94. The lowest BCUT2D eigenvalue weighted by Crippen LogP contribution is -1.94. The molecule has 1 heterocycles. The Labute approximate surface area is 95.6 Å². The molecule has 1 aromatic rings. The quantitative estimate of drug-likeness (QED) is 0.458. The Morgan fingerprint density at radius 2 is 2.25 bits per heavy atom. The molecule has 0 radical (unpaired) electrons. The summed E-state index contributed by atoms with van der Waals surface area (Å²) in [6.45, 7) is 0.0709. The van der Waals surface area contributed by atoms with Gasteiger partial charge in [0, 0.05) is 5.56 Å². The summed E-state index contributed by atoms with van der Waals surface area (Å²) < 4.78 is 10.3. The summed E-state index contributed by atoms with van der Waals surface area (Å²) in [6.07, 6.45) is 2.04. The second-order valence-corrected chi connectivity index (χ2v) is 3.42. The molecular weight excluding hydrogens is 234 g/mol. The van der Waals surface area contributed by atoms with Crippen molar-refractivity contribution in [3.8, 4) is 11.5 Å². The number of isocyanates is 1. The molecule has 16 heavy (non-hydrogen) atoms. The molecule has 0 fully saturated rings. The number of carbonyl (C=O) groups is 1. The van der Waals surface area contributed by atoms with Crippen LogP contribution in [0, 0.1) is 0 Å². The first-order valence-corrected chi connectivity index (χ1v) is 4.75. The number of halogens is 1. The van der Waals surface area contributed by atoms with Crippen LogP contribution in [0.1, 0.15) is 15.9 Å². The fourth-order valence-electron chi connectivity index (χ4n) is 1.46. The van der Waals surface area contributed by atoms with Crippen LogP contribution in [-0.4, -0.2) is 19.2 Å². The predicted molar refractivity (Wildman–Crippen MR) is 54.8 cm³/mol. The summed E-state index contributed by atoms with van der Waals surface area (Å²) in [5.74, 6) is 0.712. The lowest BCUT2D eigenvalue weighted by atomic mass is 10.1. The molecule has 5 nitrogen and oxygen atoms in total. The van der Waals surface area contributed by atoms with Crippen molar-refractivity contribution in [1.29, 1.82) is 0 Å². The van der Waals surface area contributed by atoms with Gasteiger partial charge in [-0.25, -0.2) is 9.79 Å². The van der Waals surface area contributed by atoms with E-state index in [0.717, 1.165) is 0 Å². The van der Waals surface area contributed by atoms with Crippen molar-refractivity contribution in [3.63, 3.8) is 0 Å². The number of nitrogens with zero attached hydrogens (tertiary/aromatic N) is 1. The van der Waals surface area contributed by atoms with Crippen LogP contribution in [0.5, 0.6) is 11.5 Å². The van der Waals surface area contributed by atoms with Gasteiger partial charge in [0.2, 0.25) is 12.9 Å². The molecule has 0 atom stereocenters. The van der Waals surface area contributed by atoms with E-state index >= 15 is 0 Å². The molecule has 0 spiro atoms. The summed E-state index contributed by atoms with van der Waals surface area (Å²) in [5, 5.41) is 0.311. The van der Waals surface area contributed by atoms with Crippen LogP contribution in [0.2, 0.25) is 5.02 Å². The Morgan fingerprint density at radius 1 is 1.50 bits per heavy atom. The van der Waals surface area contributed by atoms with E-state index in [9.17, 15) is 9.59 Å². The van der Waals surface area contributed by atoms with E-state index in [-0.39, 0.29) is 13.3 Å². The van der Waals surface area contributed by atoms with Crippen molar-refractivity contribution in [3.05, 3.63) is 22.2 Å². The lowest BCUT2D eigenvalue weighted by molar-refractivity contribution is 0.111. The van der Waals surface area contributed by atoms with Crippen LogP contribution < -0.4 is 9.47 Å².